The van der Waals surface area contributed by atoms with Crippen LogP contribution in [0.5, 0.6) is 0 Å². The molecule has 2 heterocycles. The van der Waals surface area contributed by atoms with Crippen LogP contribution in [0.1, 0.15) is 0 Å². The Morgan fingerprint density at radius 1 is 0.318 bits per heavy atom. The second kappa shape index (κ2) is 11.0. The molecule has 0 atom stereocenters. The molecule has 0 aliphatic carbocycles. The topological polar surface area (TPSA) is 51.6 Å². The first-order valence-corrected chi connectivity index (χ1v) is 14.7. The normalized spacial score (nSPS) is 11.2. The molecule has 0 saturated carbocycles. The molecule has 6 aromatic carbocycles. The Labute approximate surface area is 255 Å². The van der Waals surface area contributed by atoms with Crippen LogP contribution in [-0.4, -0.2) is 19.9 Å². The second-order valence-electron chi connectivity index (χ2n) is 10.7. The lowest BCUT2D eigenvalue weighted by Crippen LogP contribution is -2.00. The Morgan fingerprint density at radius 2 is 0.750 bits per heavy atom. The van der Waals surface area contributed by atoms with E-state index in [0.717, 1.165) is 33.5 Å². The van der Waals surface area contributed by atoms with E-state index >= 15 is 0 Å². The van der Waals surface area contributed by atoms with Crippen molar-refractivity contribution in [2.75, 3.05) is 0 Å². The van der Waals surface area contributed by atoms with Crippen molar-refractivity contribution in [3.8, 4) is 56.5 Å². The van der Waals surface area contributed by atoms with Gasteiger partial charge in [-0.3, -0.25) is 4.98 Å². The molecule has 0 unspecified atom stereocenters. The van der Waals surface area contributed by atoms with E-state index in [9.17, 15) is 0 Å². The van der Waals surface area contributed by atoms with Gasteiger partial charge in [0.05, 0.1) is 5.69 Å². The molecule has 4 heteroatoms. The van der Waals surface area contributed by atoms with Gasteiger partial charge >= 0.3 is 0 Å². The number of hydrogen-bond donors (Lipinski definition) is 0. The summed E-state index contributed by atoms with van der Waals surface area (Å²) in [6.45, 7) is 0. The van der Waals surface area contributed by atoms with Gasteiger partial charge in [0, 0.05) is 28.5 Å². The fourth-order valence-corrected chi connectivity index (χ4v) is 5.98. The summed E-state index contributed by atoms with van der Waals surface area (Å²) in [6.07, 6.45) is 1.86. The quantitative estimate of drug-likeness (QED) is 0.196. The highest BCUT2D eigenvalue weighted by Crippen LogP contribution is 2.43. The fourth-order valence-electron chi connectivity index (χ4n) is 5.98. The van der Waals surface area contributed by atoms with Crippen LogP contribution >= 0.6 is 0 Å². The van der Waals surface area contributed by atoms with Gasteiger partial charge in [0.25, 0.3) is 0 Å². The van der Waals surface area contributed by atoms with Crippen LogP contribution in [0.3, 0.4) is 0 Å². The monoisotopic (exact) mass is 562 g/mol. The minimum atomic E-state index is 0.637. The molecule has 0 aliphatic rings. The molecular weight excluding hydrogens is 536 g/mol. The van der Waals surface area contributed by atoms with Crippen molar-refractivity contribution in [2.24, 2.45) is 0 Å². The standard InChI is InChI=1S/C40H26N4/c1-3-14-27(15-4-1)38-42-39(28-16-5-2-6-17-28)44-40(43-38)30-19-13-18-29(26-30)36-31-20-7-9-22-33(31)37(35-24-11-12-25-41-35)34-23-10-8-21-32(34)36/h1-26H. The number of benzene rings is 6. The zero-order valence-corrected chi connectivity index (χ0v) is 23.8. The molecule has 0 radical (unpaired) electrons. The van der Waals surface area contributed by atoms with Gasteiger partial charge in [0.15, 0.2) is 17.5 Å². The summed E-state index contributed by atoms with van der Waals surface area (Å²) in [4.78, 5) is 19.6. The van der Waals surface area contributed by atoms with E-state index in [1.54, 1.807) is 0 Å². The van der Waals surface area contributed by atoms with Gasteiger partial charge in [-0.1, -0.05) is 133 Å². The Kier molecular flexibility index (Phi) is 6.43. The van der Waals surface area contributed by atoms with Gasteiger partial charge in [-0.25, -0.2) is 15.0 Å². The largest absolute Gasteiger partial charge is 0.256 e. The third-order valence-electron chi connectivity index (χ3n) is 7.96. The van der Waals surface area contributed by atoms with Gasteiger partial charge in [0.1, 0.15) is 0 Å². The maximum atomic E-state index is 4.98. The van der Waals surface area contributed by atoms with Gasteiger partial charge in [-0.05, 0) is 50.9 Å². The number of nitrogens with zero attached hydrogens (tertiary/aromatic N) is 4. The van der Waals surface area contributed by atoms with Gasteiger partial charge in [0.2, 0.25) is 0 Å². The summed E-state index contributed by atoms with van der Waals surface area (Å²) in [5.41, 5.74) is 7.23. The molecule has 0 amide bonds. The first-order chi connectivity index (χ1) is 21.8. The molecule has 0 fully saturated rings. The van der Waals surface area contributed by atoms with Crippen LogP contribution < -0.4 is 0 Å². The SMILES string of the molecule is c1ccc(-c2nc(-c3ccccc3)nc(-c3cccc(-c4c5ccccc5c(-c5ccccn5)c5ccccc45)c3)n2)cc1. The third kappa shape index (κ3) is 4.59. The zero-order chi connectivity index (χ0) is 29.3. The van der Waals surface area contributed by atoms with E-state index in [1.807, 2.05) is 79.0 Å². The van der Waals surface area contributed by atoms with Crippen molar-refractivity contribution < 1.29 is 0 Å². The molecule has 8 rings (SSSR count). The molecule has 0 N–H and O–H groups in total. The van der Waals surface area contributed by atoms with Crippen LogP contribution in [0.25, 0.3) is 78.1 Å². The Balaban J connectivity index is 1.36. The van der Waals surface area contributed by atoms with Crippen molar-refractivity contribution in [3.05, 3.63) is 158 Å². The Hall–Kier alpha value is -6.00. The third-order valence-corrected chi connectivity index (χ3v) is 7.96. The summed E-state index contributed by atoms with van der Waals surface area (Å²) in [7, 11) is 0. The Morgan fingerprint density at radius 3 is 1.27 bits per heavy atom. The molecule has 206 valence electrons. The van der Waals surface area contributed by atoms with Crippen LogP contribution in [-0.2, 0) is 0 Å². The summed E-state index contributed by atoms with van der Waals surface area (Å²) in [6, 6.07) is 52.0. The predicted octanol–water partition coefficient (Wildman–Crippen LogP) is 9.91. The van der Waals surface area contributed by atoms with E-state index < -0.39 is 0 Å². The summed E-state index contributed by atoms with van der Waals surface area (Å²) < 4.78 is 0. The minimum absolute atomic E-state index is 0.637. The molecule has 44 heavy (non-hydrogen) atoms. The highest BCUT2D eigenvalue weighted by Gasteiger charge is 2.18. The van der Waals surface area contributed by atoms with E-state index in [2.05, 4.69) is 78.9 Å². The summed E-state index contributed by atoms with van der Waals surface area (Å²) in [5, 5.41) is 4.69. The second-order valence-corrected chi connectivity index (χ2v) is 10.7. The van der Waals surface area contributed by atoms with Gasteiger partial charge < -0.3 is 0 Å². The maximum Gasteiger partial charge on any atom is 0.164 e. The molecule has 0 spiro atoms. The zero-order valence-electron chi connectivity index (χ0n) is 23.8. The Bertz CT molecular complexity index is 2150. The van der Waals surface area contributed by atoms with Crippen molar-refractivity contribution in [3.63, 3.8) is 0 Å². The predicted molar refractivity (Wildman–Crippen MR) is 180 cm³/mol. The minimum Gasteiger partial charge on any atom is -0.256 e. The van der Waals surface area contributed by atoms with Crippen molar-refractivity contribution >= 4 is 21.5 Å². The van der Waals surface area contributed by atoms with Crippen molar-refractivity contribution in [1.29, 1.82) is 0 Å². The number of rotatable bonds is 5. The smallest absolute Gasteiger partial charge is 0.164 e. The highest BCUT2D eigenvalue weighted by molar-refractivity contribution is 6.21. The van der Waals surface area contributed by atoms with Crippen LogP contribution in [0.4, 0.5) is 0 Å². The van der Waals surface area contributed by atoms with E-state index in [-0.39, 0.29) is 0 Å². The molecular formula is C40H26N4. The van der Waals surface area contributed by atoms with Crippen LogP contribution in [0.2, 0.25) is 0 Å². The number of fused-ring (bicyclic) bond motifs is 2. The lowest BCUT2D eigenvalue weighted by atomic mass is 9.87. The maximum absolute atomic E-state index is 4.98. The fraction of sp³-hybridized carbons (Fsp3) is 0. The lowest BCUT2D eigenvalue weighted by molar-refractivity contribution is 1.07. The molecule has 0 bridgehead atoms. The van der Waals surface area contributed by atoms with E-state index in [1.165, 1.54) is 27.1 Å². The van der Waals surface area contributed by atoms with Crippen molar-refractivity contribution in [1.82, 2.24) is 19.9 Å². The average Bonchev–Trinajstić information content (AvgIpc) is 3.11. The molecule has 0 saturated heterocycles. The molecule has 2 aromatic heterocycles. The number of aromatic nitrogens is 4. The van der Waals surface area contributed by atoms with Crippen LogP contribution in [0, 0.1) is 0 Å². The van der Waals surface area contributed by atoms with Crippen molar-refractivity contribution in [2.45, 2.75) is 0 Å². The molecule has 8 aromatic rings. The first-order valence-electron chi connectivity index (χ1n) is 14.7. The first kappa shape index (κ1) is 25.7. The highest BCUT2D eigenvalue weighted by atomic mass is 15.0. The summed E-state index contributed by atoms with van der Waals surface area (Å²) in [5.74, 6) is 1.93. The van der Waals surface area contributed by atoms with Crippen LogP contribution in [0.15, 0.2) is 158 Å². The molecule has 4 nitrogen and oxygen atoms in total. The van der Waals surface area contributed by atoms with Gasteiger partial charge in [-0.2, -0.15) is 0 Å². The van der Waals surface area contributed by atoms with Gasteiger partial charge in [-0.15, -0.1) is 0 Å². The molecule has 0 aliphatic heterocycles. The average molecular weight is 563 g/mol. The number of pyridine rings is 1. The summed E-state index contributed by atoms with van der Waals surface area (Å²) >= 11 is 0. The van der Waals surface area contributed by atoms with E-state index in [4.69, 9.17) is 19.9 Å². The lowest BCUT2D eigenvalue weighted by Gasteiger charge is -2.17. The van der Waals surface area contributed by atoms with E-state index in [0.29, 0.717) is 17.5 Å². The number of hydrogen-bond acceptors (Lipinski definition) is 4.